The van der Waals surface area contributed by atoms with Crippen LogP contribution in [0.3, 0.4) is 0 Å². The van der Waals surface area contributed by atoms with Crippen molar-refractivity contribution in [3.63, 3.8) is 0 Å². The molecule has 1 aromatic heterocycles. The molecule has 2 N–H and O–H groups in total. The van der Waals surface area contributed by atoms with E-state index in [4.69, 9.17) is 0 Å². The number of hydrogen-bond acceptors (Lipinski definition) is 4. The lowest BCUT2D eigenvalue weighted by atomic mass is 10.3. The number of fused-ring (bicyclic) bond motifs is 1. The molecule has 5 nitrogen and oxygen atoms in total. The summed E-state index contributed by atoms with van der Waals surface area (Å²) in [5.74, 6) is 1.54. The fourth-order valence-corrected chi connectivity index (χ4v) is 2.84. The summed E-state index contributed by atoms with van der Waals surface area (Å²) in [4.78, 5) is 21.7. The summed E-state index contributed by atoms with van der Waals surface area (Å²) >= 11 is 1.61. The number of H-pyrrole nitrogens is 1. The van der Waals surface area contributed by atoms with Gasteiger partial charge in [-0.2, -0.15) is 0 Å². The van der Waals surface area contributed by atoms with Gasteiger partial charge >= 0.3 is 0 Å². The summed E-state index contributed by atoms with van der Waals surface area (Å²) in [6, 6.07) is 7.97. The average molecular weight is 306 g/mol. The predicted molar refractivity (Wildman–Crippen MR) is 88.5 cm³/mol. The topological polar surface area (TPSA) is 61.0 Å². The van der Waals surface area contributed by atoms with Gasteiger partial charge in [0.15, 0.2) is 0 Å². The van der Waals surface area contributed by atoms with Gasteiger partial charge in [0.25, 0.3) is 0 Å². The molecule has 1 aromatic carbocycles. The van der Waals surface area contributed by atoms with E-state index in [1.165, 1.54) is 0 Å². The highest BCUT2D eigenvalue weighted by atomic mass is 32.2. The van der Waals surface area contributed by atoms with Crippen LogP contribution in [0.1, 0.15) is 18.0 Å². The normalized spacial score (nSPS) is 12.5. The smallest absolute Gasteiger partial charge is 0.232 e. The van der Waals surface area contributed by atoms with Crippen LogP contribution in [0.5, 0.6) is 0 Å². The maximum Gasteiger partial charge on any atom is 0.232 e. The number of rotatable bonds is 7. The predicted octanol–water partition coefficient (Wildman–Crippen LogP) is 2.03. The minimum absolute atomic E-state index is 0.151. The Hall–Kier alpha value is -1.53. The first-order valence-electron chi connectivity index (χ1n) is 7.06. The van der Waals surface area contributed by atoms with E-state index in [0.29, 0.717) is 5.75 Å². The highest BCUT2D eigenvalue weighted by Crippen LogP contribution is 2.27. The first-order chi connectivity index (χ1) is 10.1. The Morgan fingerprint density at radius 2 is 2.24 bits per heavy atom. The largest absolute Gasteiger partial charge is 0.344 e. The van der Waals surface area contributed by atoms with Crippen LogP contribution in [0.25, 0.3) is 11.0 Å². The first kappa shape index (κ1) is 15.9. The Morgan fingerprint density at radius 1 is 1.48 bits per heavy atom. The van der Waals surface area contributed by atoms with E-state index in [0.717, 1.165) is 29.9 Å². The van der Waals surface area contributed by atoms with Gasteiger partial charge in [-0.15, -0.1) is 11.8 Å². The molecule has 0 radical (unpaired) electrons. The summed E-state index contributed by atoms with van der Waals surface area (Å²) in [5.41, 5.74) is 2.01. The molecule has 6 heteroatoms. The Morgan fingerprint density at radius 3 is 2.95 bits per heavy atom. The van der Waals surface area contributed by atoms with Crippen LogP contribution in [-0.2, 0) is 4.79 Å². The Bertz CT molecular complexity index is 565. The quantitative estimate of drug-likeness (QED) is 0.822. The van der Waals surface area contributed by atoms with Crippen molar-refractivity contribution in [2.45, 2.75) is 12.2 Å². The fraction of sp³-hybridized carbons (Fsp3) is 0.467. The number of nitrogens with one attached hydrogen (secondary N) is 2. The summed E-state index contributed by atoms with van der Waals surface area (Å²) in [6.07, 6.45) is 0. The van der Waals surface area contributed by atoms with Gasteiger partial charge in [0, 0.05) is 20.1 Å². The molecule has 2 rings (SSSR count). The van der Waals surface area contributed by atoms with Crippen molar-refractivity contribution in [1.29, 1.82) is 0 Å². The standard InChI is InChI=1S/C15H22N4OS/c1-11(21-10-14(20)19(3)9-8-16-2)15-17-12-6-4-5-7-13(12)18-15/h4-7,11,16H,8-10H2,1-3H3,(H,17,18). The zero-order valence-electron chi connectivity index (χ0n) is 12.7. The third kappa shape index (κ3) is 4.22. The van der Waals surface area contributed by atoms with Gasteiger partial charge in [0.2, 0.25) is 5.91 Å². The lowest BCUT2D eigenvalue weighted by molar-refractivity contribution is -0.127. The molecular formula is C15H22N4OS. The Kier molecular flexibility index (Phi) is 5.64. The third-order valence-electron chi connectivity index (χ3n) is 3.37. The third-order valence-corrected chi connectivity index (χ3v) is 4.51. The molecule has 0 saturated carbocycles. The number of para-hydroxylation sites is 2. The molecule has 114 valence electrons. The van der Waals surface area contributed by atoms with E-state index >= 15 is 0 Å². The number of imidazole rings is 1. The van der Waals surface area contributed by atoms with Crippen LogP contribution in [0, 0.1) is 0 Å². The number of benzene rings is 1. The number of likely N-dealkylation sites (N-methyl/N-ethyl adjacent to an activating group) is 2. The second kappa shape index (κ2) is 7.47. The minimum Gasteiger partial charge on any atom is -0.344 e. The summed E-state index contributed by atoms with van der Waals surface area (Å²) in [6.45, 7) is 3.62. The van der Waals surface area contributed by atoms with Crippen LogP contribution in [-0.4, -0.2) is 53.7 Å². The minimum atomic E-state index is 0.151. The van der Waals surface area contributed by atoms with Crippen LogP contribution in [0.2, 0.25) is 0 Å². The SMILES string of the molecule is CNCCN(C)C(=O)CSC(C)c1nc2ccccc2[nH]1. The van der Waals surface area contributed by atoms with E-state index < -0.39 is 0 Å². The van der Waals surface area contributed by atoms with Gasteiger partial charge in [-0.3, -0.25) is 4.79 Å². The van der Waals surface area contributed by atoms with Gasteiger partial charge in [0.05, 0.1) is 22.0 Å². The number of aromatic nitrogens is 2. The summed E-state index contributed by atoms with van der Waals surface area (Å²) < 4.78 is 0. The Balaban J connectivity index is 1.89. The second-order valence-electron chi connectivity index (χ2n) is 5.01. The van der Waals surface area contributed by atoms with Gasteiger partial charge in [-0.05, 0) is 26.1 Å². The van der Waals surface area contributed by atoms with E-state index in [9.17, 15) is 4.79 Å². The van der Waals surface area contributed by atoms with Crippen molar-refractivity contribution < 1.29 is 4.79 Å². The van der Waals surface area contributed by atoms with E-state index in [2.05, 4.69) is 22.2 Å². The molecule has 0 aliphatic rings. The number of amides is 1. The molecule has 0 aliphatic carbocycles. The summed E-state index contributed by atoms with van der Waals surface area (Å²) in [7, 11) is 3.73. The highest BCUT2D eigenvalue weighted by molar-refractivity contribution is 8.00. The molecule has 0 bridgehead atoms. The van der Waals surface area contributed by atoms with Gasteiger partial charge < -0.3 is 15.2 Å². The zero-order valence-corrected chi connectivity index (χ0v) is 13.5. The molecule has 0 saturated heterocycles. The second-order valence-corrected chi connectivity index (χ2v) is 6.34. The van der Waals surface area contributed by atoms with Crippen molar-refractivity contribution in [2.75, 3.05) is 32.9 Å². The van der Waals surface area contributed by atoms with Crippen molar-refractivity contribution in [1.82, 2.24) is 20.2 Å². The first-order valence-corrected chi connectivity index (χ1v) is 8.11. The number of thioether (sulfide) groups is 1. The van der Waals surface area contributed by atoms with E-state index in [1.54, 1.807) is 16.7 Å². The van der Waals surface area contributed by atoms with Crippen molar-refractivity contribution >= 4 is 28.7 Å². The molecule has 1 atom stereocenters. The lowest BCUT2D eigenvalue weighted by Crippen LogP contribution is -2.34. The lowest BCUT2D eigenvalue weighted by Gasteiger charge is -2.17. The maximum atomic E-state index is 12.0. The highest BCUT2D eigenvalue weighted by Gasteiger charge is 2.15. The average Bonchev–Trinajstić information content (AvgIpc) is 2.93. The monoisotopic (exact) mass is 306 g/mol. The fourth-order valence-electron chi connectivity index (χ4n) is 1.95. The molecule has 1 unspecified atom stereocenters. The number of nitrogens with zero attached hydrogens (tertiary/aromatic N) is 2. The number of carbonyl (C=O) groups is 1. The van der Waals surface area contributed by atoms with Crippen LogP contribution >= 0.6 is 11.8 Å². The summed E-state index contributed by atoms with van der Waals surface area (Å²) in [5, 5.41) is 3.21. The molecule has 0 fully saturated rings. The van der Waals surface area contributed by atoms with Gasteiger partial charge in [-0.25, -0.2) is 4.98 Å². The molecular weight excluding hydrogens is 284 g/mol. The van der Waals surface area contributed by atoms with Gasteiger partial charge in [-0.1, -0.05) is 12.1 Å². The number of carbonyl (C=O) groups excluding carboxylic acids is 1. The van der Waals surface area contributed by atoms with E-state index in [-0.39, 0.29) is 11.2 Å². The van der Waals surface area contributed by atoms with Crippen molar-refractivity contribution in [2.24, 2.45) is 0 Å². The maximum absolute atomic E-state index is 12.0. The number of aromatic amines is 1. The Labute approximate surface area is 129 Å². The van der Waals surface area contributed by atoms with Crippen molar-refractivity contribution in [3.05, 3.63) is 30.1 Å². The molecule has 2 aromatic rings. The van der Waals surface area contributed by atoms with Crippen LogP contribution < -0.4 is 5.32 Å². The molecule has 0 aliphatic heterocycles. The number of hydrogen-bond donors (Lipinski definition) is 2. The van der Waals surface area contributed by atoms with Crippen LogP contribution in [0.15, 0.2) is 24.3 Å². The molecule has 0 spiro atoms. The van der Waals surface area contributed by atoms with E-state index in [1.807, 2.05) is 38.4 Å². The van der Waals surface area contributed by atoms with Gasteiger partial charge in [0.1, 0.15) is 5.82 Å². The van der Waals surface area contributed by atoms with Crippen LogP contribution in [0.4, 0.5) is 0 Å². The van der Waals surface area contributed by atoms with Crippen molar-refractivity contribution in [3.8, 4) is 0 Å². The zero-order chi connectivity index (χ0) is 15.2. The molecule has 1 heterocycles. The molecule has 1 amide bonds. The molecule has 21 heavy (non-hydrogen) atoms.